The first kappa shape index (κ1) is 18.7. The zero-order chi connectivity index (χ0) is 18.9. The lowest BCUT2D eigenvalue weighted by Gasteiger charge is -2.28. The van der Waals surface area contributed by atoms with Crippen molar-refractivity contribution >= 4 is 35.2 Å². The van der Waals surface area contributed by atoms with E-state index in [-0.39, 0.29) is 22.9 Å². The molecule has 0 aromatic carbocycles. The van der Waals surface area contributed by atoms with E-state index in [2.05, 4.69) is 15.2 Å². The van der Waals surface area contributed by atoms with Crippen LogP contribution in [0.5, 0.6) is 0 Å². The second-order valence-corrected chi connectivity index (χ2v) is 7.72. The Balaban J connectivity index is 1.91. The molecule has 0 fully saturated rings. The van der Waals surface area contributed by atoms with E-state index in [9.17, 15) is 4.79 Å². The normalized spacial score (nSPS) is 17.0. The number of hydrogen-bond donors (Lipinski definition) is 0. The van der Waals surface area contributed by atoms with Crippen molar-refractivity contribution in [1.82, 2.24) is 19.8 Å². The third kappa shape index (κ3) is 3.57. The molecule has 1 unspecified atom stereocenters. The molecule has 9 heteroatoms. The lowest BCUT2D eigenvalue weighted by molar-refractivity contribution is -0.148. The summed E-state index contributed by atoms with van der Waals surface area (Å²) in [6.07, 6.45) is 7.04. The molecule has 0 saturated heterocycles. The molecular formula is C17H20ClN5O2S. The van der Waals surface area contributed by atoms with Gasteiger partial charge in [0.2, 0.25) is 17.5 Å². The van der Waals surface area contributed by atoms with Crippen LogP contribution < -0.4 is 0 Å². The number of thioether (sulfide) groups is 1. The zero-order valence-electron chi connectivity index (χ0n) is 15.0. The fourth-order valence-electron chi connectivity index (χ4n) is 2.58. The highest BCUT2D eigenvalue weighted by Crippen LogP contribution is 2.31. The molecule has 2 aromatic rings. The van der Waals surface area contributed by atoms with E-state index < -0.39 is 5.72 Å². The second-order valence-electron chi connectivity index (χ2n) is 6.45. The number of hydrogen-bond acceptors (Lipinski definition) is 6. The largest absolute Gasteiger partial charge is 0.448 e. The van der Waals surface area contributed by atoms with Gasteiger partial charge >= 0.3 is 0 Å². The Kier molecular flexibility index (Phi) is 5.24. The fourth-order valence-corrected chi connectivity index (χ4v) is 3.44. The minimum atomic E-state index is -0.890. The van der Waals surface area contributed by atoms with E-state index in [1.165, 1.54) is 5.01 Å². The summed E-state index contributed by atoms with van der Waals surface area (Å²) in [5.74, 6) is 0.746. The number of aromatic nitrogens is 3. The van der Waals surface area contributed by atoms with Crippen molar-refractivity contribution in [3.05, 3.63) is 41.4 Å². The first-order chi connectivity index (χ1) is 12.3. The van der Waals surface area contributed by atoms with Gasteiger partial charge in [-0.15, -0.1) is 5.10 Å². The van der Waals surface area contributed by atoms with Crippen LogP contribution in [0, 0.1) is 5.92 Å². The molecule has 3 heterocycles. The molecule has 7 nitrogen and oxygen atoms in total. The number of ether oxygens (including phenoxy) is 1. The summed E-state index contributed by atoms with van der Waals surface area (Å²) in [6.45, 7) is 5.48. The van der Waals surface area contributed by atoms with Gasteiger partial charge in [0, 0.05) is 24.1 Å². The van der Waals surface area contributed by atoms with Crippen molar-refractivity contribution in [1.29, 1.82) is 0 Å². The van der Waals surface area contributed by atoms with Crippen molar-refractivity contribution < 1.29 is 9.53 Å². The Labute approximate surface area is 161 Å². The molecule has 1 aliphatic rings. The molecule has 0 aliphatic carbocycles. The van der Waals surface area contributed by atoms with Crippen LogP contribution in [0.3, 0.4) is 0 Å². The Morgan fingerprint density at radius 1 is 1.46 bits per heavy atom. The molecular weight excluding hydrogens is 374 g/mol. The number of carbonyl (C=O) groups excluding carboxylic acids is 1. The summed E-state index contributed by atoms with van der Waals surface area (Å²) >= 11 is 7.91. The molecule has 2 aromatic heterocycles. The van der Waals surface area contributed by atoms with Crippen LogP contribution in [0.25, 0.3) is 5.69 Å². The van der Waals surface area contributed by atoms with Gasteiger partial charge in [-0.3, -0.25) is 9.78 Å². The fraction of sp³-hybridized carbons (Fsp3) is 0.412. The van der Waals surface area contributed by atoms with E-state index in [1.807, 2.05) is 25.3 Å². The van der Waals surface area contributed by atoms with E-state index in [0.29, 0.717) is 5.56 Å². The highest BCUT2D eigenvalue weighted by atomic mass is 35.5. The van der Waals surface area contributed by atoms with Crippen molar-refractivity contribution in [3.8, 4) is 5.69 Å². The smallest absolute Gasteiger partial charge is 0.249 e. The Bertz CT molecular complexity index is 837. The molecule has 0 spiro atoms. The van der Waals surface area contributed by atoms with E-state index in [0.717, 1.165) is 11.4 Å². The van der Waals surface area contributed by atoms with Crippen molar-refractivity contribution in [2.45, 2.75) is 26.5 Å². The molecule has 1 aliphatic heterocycles. The molecule has 0 saturated carbocycles. The Morgan fingerprint density at radius 3 is 2.88 bits per heavy atom. The van der Waals surface area contributed by atoms with E-state index in [4.69, 9.17) is 16.3 Å². The summed E-state index contributed by atoms with van der Waals surface area (Å²) in [5.41, 5.74) is 0.398. The van der Waals surface area contributed by atoms with E-state index >= 15 is 0 Å². The predicted octanol–water partition coefficient (Wildman–Crippen LogP) is 3.18. The van der Waals surface area contributed by atoms with Gasteiger partial charge in [-0.25, -0.2) is 4.68 Å². The SMILES string of the molecule is CSCC(C)C(=O)N1N=C(c2cn(-c3cccnc3)nc2Cl)OC1(C)C. The second kappa shape index (κ2) is 7.28. The molecule has 1 amide bonds. The van der Waals surface area contributed by atoms with Gasteiger partial charge < -0.3 is 4.74 Å². The van der Waals surface area contributed by atoms with E-state index in [1.54, 1.807) is 48.9 Å². The van der Waals surface area contributed by atoms with Crippen LogP contribution in [0.1, 0.15) is 26.3 Å². The number of nitrogens with zero attached hydrogens (tertiary/aromatic N) is 5. The third-order valence-electron chi connectivity index (χ3n) is 3.90. The van der Waals surface area contributed by atoms with Gasteiger partial charge in [-0.05, 0) is 32.2 Å². The molecule has 1 atom stereocenters. The number of rotatable bonds is 5. The maximum Gasteiger partial charge on any atom is 0.249 e. The molecule has 0 N–H and O–H groups in total. The lowest BCUT2D eigenvalue weighted by Crippen LogP contribution is -2.44. The summed E-state index contributed by atoms with van der Waals surface area (Å²) in [4.78, 5) is 16.8. The number of pyridine rings is 1. The van der Waals surface area contributed by atoms with Crippen LogP contribution in [0.15, 0.2) is 35.8 Å². The number of hydrazone groups is 1. The number of carbonyl (C=O) groups is 1. The van der Waals surface area contributed by atoms with Gasteiger partial charge in [0.15, 0.2) is 5.15 Å². The van der Waals surface area contributed by atoms with Crippen molar-refractivity contribution in [3.63, 3.8) is 0 Å². The van der Waals surface area contributed by atoms with Gasteiger partial charge in [-0.1, -0.05) is 18.5 Å². The topological polar surface area (TPSA) is 72.6 Å². The quantitative estimate of drug-likeness (QED) is 0.780. The van der Waals surface area contributed by atoms with Crippen LogP contribution in [-0.2, 0) is 9.53 Å². The monoisotopic (exact) mass is 393 g/mol. The number of amides is 1. The maximum atomic E-state index is 12.7. The van der Waals surface area contributed by atoms with Crippen LogP contribution in [0.2, 0.25) is 5.15 Å². The molecule has 138 valence electrons. The minimum absolute atomic E-state index is 0.0878. The first-order valence-corrected chi connectivity index (χ1v) is 9.87. The van der Waals surface area contributed by atoms with Crippen molar-refractivity contribution in [2.75, 3.05) is 12.0 Å². The molecule has 26 heavy (non-hydrogen) atoms. The van der Waals surface area contributed by atoms with Crippen LogP contribution in [-0.4, -0.2) is 49.3 Å². The summed E-state index contributed by atoms with van der Waals surface area (Å²) in [7, 11) is 0. The zero-order valence-corrected chi connectivity index (χ0v) is 16.6. The van der Waals surface area contributed by atoms with Gasteiger partial charge in [0.25, 0.3) is 0 Å². The lowest BCUT2D eigenvalue weighted by atomic mass is 10.1. The maximum absolute atomic E-state index is 12.7. The van der Waals surface area contributed by atoms with Gasteiger partial charge in [0.05, 0.1) is 17.4 Å². The van der Waals surface area contributed by atoms with Crippen LogP contribution in [0.4, 0.5) is 0 Å². The summed E-state index contributed by atoms with van der Waals surface area (Å²) in [6, 6.07) is 3.67. The van der Waals surface area contributed by atoms with Crippen molar-refractivity contribution in [2.24, 2.45) is 11.0 Å². The standard InChI is InChI=1S/C17H20ClN5O2S/c1-11(10-26-4)16(24)23-17(2,3)25-15(21-23)13-9-22(20-14(13)18)12-6-5-7-19-8-12/h5-9,11H,10H2,1-4H3. The molecule has 0 radical (unpaired) electrons. The first-order valence-electron chi connectivity index (χ1n) is 8.10. The average Bonchev–Trinajstić information content (AvgIpc) is 3.14. The summed E-state index contributed by atoms with van der Waals surface area (Å²) < 4.78 is 7.52. The Morgan fingerprint density at radius 2 is 2.23 bits per heavy atom. The molecule has 0 bridgehead atoms. The van der Waals surface area contributed by atoms with Crippen LogP contribution >= 0.6 is 23.4 Å². The van der Waals surface area contributed by atoms with Gasteiger partial charge in [0.1, 0.15) is 0 Å². The average molecular weight is 394 g/mol. The number of halogens is 1. The Hall–Kier alpha value is -2.06. The van der Waals surface area contributed by atoms with Gasteiger partial charge in [-0.2, -0.15) is 21.9 Å². The highest BCUT2D eigenvalue weighted by Gasteiger charge is 2.42. The minimum Gasteiger partial charge on any atom is -0.448 e. The molecule has 3 rings (SSSR count). The third-order valence-corrected chi connectivity index (χ3v) is 5.02. The predicted molar refractivity (Wildman–Crippen MR) is 102 cm³/mol. The highest BCUT2D eigenvalue weighted by molar-refractivity contribution is 7.98. The summed E-state index contributed by atoms with van der Waals surface area (Å²) in [5, 5.41) is 10.3.